The van der Waals surface area contributed by atoms with Crippen molar-refractivity contribution in [3.63, 3.8) is 0 Å². The zero-order valence-corrected chi connectivity index (χ0v) is 16.5. The molecule has 3 rings (SSSR count). The molecule has 1 heterocycles. The molecule has 0 saturated carbocycles. The second-order valence-corrected chi connectivity index (χ2v) is 7.91. The van der Waals surface area contributed by atoms with Crippen molar-refractivity contribution in [3.8, 4) is 5.75 Å². The molecule has 1 aliphatic rings. The third kappa shape index (κ3) is 4.56. The first kappa shape index (κ1) is 18.7. The van der Waals surface area contributed by atoms with Gasteiger partial charge in [-0.25, -0.2) is 0 Å². The van der Waals surface area contributed by atoms with Crippen LogP contribution in [0.25, 0.3) is 0 Å². The largest absolute Gasteiger partial charge is 0.495 e. The Labute approximate surface area is 161 Å². The number of nitrogens with one attached hydrogen (secondary N) is 1. The van der Waals surface area contributed by atoms with Gasteiger partial charge in [-0.3, -0.25) is 4.79 Å². The third-order valence-corrected chi connectivity index (χ3v) is 6.01. The fourth-order valence-corrected chi connectivity index (χ4v) is 4.46. The van der Waals surface area contributed by atoms with Gasteiger partial charge in [-0.05, 0) is 38.3 Å². The molecule has 0 radical (unpaired) electrons. The van der Waals surface area contributed by atoms with Gasteiger partial charge in [-0.15, -0.1) is 10.2 Å². The average Bonchev–Trinajstić information content (AvgIpc) is 3.33. The number of anilines is 2. The smallest absolute Gasteiger partial charge is 0.237 e. The van der Waals surface area contributed by atoms with E-state index in [0.717, 1.165) is 40.7 Å². The average molecular weight is 391 g/mol. The van der Waals surface area contributed by atoms with E-state index in [4.69, 9.17) is 4.74 Å². The highest BCUT2D eigenvalue weighted by Gasteiger charge is 2.19. The van der Waals surface area contributed by atoms with Crippen LogP contribution in [-0.4, -0.2) is 40.4 Å². The quantitative estimate of drug-likeness (QED) is 0.678. The summed E-state index contributed by atoms with van der Waals surface area (Å²) in [5, 5.41) is 12.2. The molecule has 2 aromatic rings. The predicted octanol–water partition coefficient (Wildman–Crippen LogP) is 4.30. The summed E-state index contributed by atoms with van der Waals surface area (Å²) in [5.74, 6) is 1.24. The van der Waals surface area contributed by atoms with Gasteiger partial charge in [0.2, 0.25) is 11.0 Å². The fourth-order valence-electron chi connectivity index (χ4n) is 2.82. The first-order valence-electron chi connectivity index (χ1n) is 8.57. The minimum Gasteiger partial charge on any atom is -0.495 e. The van der Waals surface area contributed by atoms with Crippen LogP contribution in [0, 0.1) is 0 Å². The number of nitrogens with zero attached hydrogens (tertiary/aromatic N) is 3. The second kappa shape index (κ2) is 9.05. The monoisotopic (exact) mass is 390 g/mol. The molecule has 1 aromatic carbocycles. The van der Waals surface area contributed by atoms with Crippen molar-refractivity contribution in [1.29, 1.82) is 0 Å². The van der Waals surface area contributed by atoms with Gasteiger partial charge < -0.3 is 15.0 Å². The summed E-state index contributed by atoms with van der Waals surface area (Å²) >= 11 is 2.86. The summed E-state index contributed by atoms with van der Waals surface area (Å²) in [6, 6.07) is 7.65. The summed E-state index contributed by atoms with van der Waals surface area (Å²) < 4.78 is 6.09. The number of amides is 1. The lowest BCUT2D eigenvalue weighted by Gasteiger charge is -2.21. The summed E-state index contributed by atoms with van der Waals surface area (Å²) in [6.07, 6.45) is 5.38. The molecule has 138 valence electrons. The molecule has 0 bridgehead atoms. The first-order valence-corrected chi connectivity index (χ1v) is 10.4. The molecule has 1 aliphatic carbocycles. The molecule has 0 aliphatic heterocycles. The van der Waals surface area contributed by atoms with Gasteiger partial charge in [0.05, 0.1) is 18.6 Å². The predicted molar refractivity (Wildman–Crippen MR) is 106 cm³/mol. The Morgan fingerprint density at radius 2 is 2.23 bits per heavy atom. The van der Waals surface area contributed by atoms with E-state index in [9.17, 15) is 4.79 Å². The van der Waals surface area contributed by atoms with Crippen LogP contribution in [0.5, 0.6) is 5.75 Å². The molecule has 6 nitrogen and oxygen atoms in total. The normalized spacial score (nSPS) is 13.4. The number of carbonyl (C=O) groups is 1. The van der Waals surface area contributed by atoms with Crippen LogP contribution in [0.15, 0.2) is 40.4 Å². The molecule has 1 amide bonds. The molecule has 0 spiro atoms. The van der Waals surface area contributed by atoms with Crippen molar-refractivity contribution in [2.75, 3.05) is 24.7 Å². The van der Waals surface area contributed by atoms with Gasteiger partial charge in [0.1, 0.15) is 5.75 Å². The fraction of sp³-hybridized carbons (Fsp3) is 0.389. The standard InChI is InChI=1S/C18H22N4O2S2/c1-3-22(13-8-4-5-9-13)16(23)12-25-18-21-20-17(26-18)19-14-10-6-7-11-15(14)24-2/h6-8,10-11H,3-5,9,12H2,1-2H3,(H,19,20). The molecule has 1 aromatic heterocycles. The molecule has 26 heavy (non-hydrogen) atoms. The molecule has 0 atom stereocenters. The van der Waals surface area contributed by atoms with Crippen molar-refractivity contribution in [2.45, 2.75) is 30.5 Å². The van der Waals surface area contributed by atoms with Gasteiger partial charge in [0.15, 0.2) is 4.34 Å². The molecule has 0 fully saturated rings. The number of carbonyl (C=O) groups excluding carboxylic acids is 1. The maximum atomic E-state index is 12.5. The molecular weight excluding hydrogens is 368 g/mol. The Bertz CT molecular complexity index is 791. The van der Waals surface area contributed by atoms with Crippen LogP contribution >= 0.6 is 23.1 Å². The van der Waals surface area contributed by atoms with E-state index in [1.165, 1.54) is 23.1 Å². The van der Waals surface area contributed by atoms with E-state index >= 15 is 0 Å². The van der Waals surface area contributed by atoms with Crippen molar-refractivity contribution in [1.82, 2.24) is 15.1 Å². The number of methoxy groups -OCH3 is 1. The van der Waals surface area contributed by atoms with E-state index in [1.807, 2.05) is 36.1 Å². The van der Waals surface area contributed by atoms with Gasteiger partial charge in [-0.2, -0.15) is 0 Å². The van der Waals surface area contributed by atoms with Gasteiger partial charge >= 0.3 is 0 Å². The Hall–Kier alpha value is -2.06. The maximum absolute atomic E-state index is 12.5. The van der Waals surface area contributed by atoms with Gasteiger partial charge in [0, 0.05) is 12.2 Å². The van der Waals surface area contributed by atoms with Gasteiger partial charge in [-0.1, -0.05) is 41.3 Å². The molecule has 0 unspecified atom stereocenters. The number of rotatable bonds is 8. The highest BCUT2D eigenvalue weighted by Crippen LogP contribution is 2.32. The number of ether oxygens (including phenoxy) is 1. The number of para-hydroxylation sites is 2. The lowest BCUT2D eigenvalue weighted by atomic mass is 10.3. The van der Waals surface area contributed by atoms with E-state index in [2.05, 4.69) is 21.6 Å². The zero-order valence-electron chi connectivity index (χ0n) is 14.9. The topological polar surface area (TPSA) is 67.4 Å². The SMILES string of the molecule is CCN(C(=O)CSc1nnc(Nc2ccccc2OC)s1)C1=CCCC1. The number of allylic oxidation sites excluding steroid dienone is 2. The number of benzene rings is 1. The van der Waals surface area contributed by atoms with Crippen molar-refractivity contribution in [3.05, 3.63) is 36.0 Å². The Morgan fingerprint density at radius 1 is 1.38 bits per heavy atom. The summed E-state index contributed by atoms with van der Waals surface area (Å²) in [4.78, 5) is 14.4. The van der Waals surface area contributed by atoms with E-state index in [1.54, 1.807) is 7.11 Å². The first-order chi connectivity index (χ1) is 12.7. The molecule has 1 N–H and O–H groups in total. The lowest BCUT2D eigenvalue weighted by molar-refractivity contribution is -0.126. The van der Waals surface area contributed by atoms with E-state index in [-0.39, 0.29) is 5.91 Å². The number of hydrogen-bond acceptors (Lipinski definition) is 7. The van der Waals surface area contributed by atoms with Crippen LogP contribution in [0.3, 0.4) is 0 Å². The second-order valence-electron chi connectivity index (χ2n) is 5.71. The van der Waals surface area contributed by atoms with Crippen LogP contribution in [0.4, 0.5) is 10.8 Å². The molecular formula is C18H22N4O2S2. The zero-order chi connectivity index (χ0) is 18.4. The van der Waals surface area contributed by atoms with Crippen molar-refractivity contribution >= 4 is 39.8 Å². The molecule has 8 heteroatoms. The van der Waals surface area contributed by atoms with E-state index < -0.39 is 0 Å². The van der Waals surface area contributed by atoms with E-state index in [0.29, 0.717) is 17.4 Å². The maximum Gasteiger partial charge on any atom is 0.237 e. The Kier molecular flexibility index (Phi) is 6.51. The summed E-state index contributed by atoms with van der Waals surface area (Å²) in [6.45, 7) is 2.73. The van der Waals surface area contributed by atoms with Crippen molar-refractivity contribution in [2.24, 2.45) is 0 Å². The Morgan fingerprint density at radius 3 is 2.96 bits per heavy atom. The summed E-state index contributed by atoms with van der Waals surface area (Å²) in [7, 11) is 1.63. The minimum atomic E-state index is 0.125. The highest BCUT2D eigenvalue weighted by molar-refractivity contribution is 8.01. The van der Waals surface area contributed by atoms with Crippen LogP contribution < -0.4 is 10.1 Å². The number of hydrogen-bond donors (Lipinski definition) is 1. The van der Waals surface area contributed by atoms with Crippen LogP contribution in [0.1, 0.15) is 26.2 Å². The highest BCUT2D eigenvalue weighted by atomic mass is 32.2. The van der Waals surface area contributed by atoms with Crippen LogP contribution in [0.2, 0.25) is 0 Å². The van der Waals surface area contributed by atoms with Gasteiger partial charge in [0.25, 0.3) is 0 Å². The third-order valence-electron chi connectivity index (χ3n) is 4.06. The molecule has 0 saturated heterocycles. The number of aromatic nitrogens is 2. The van der Waals surface area contributed by atoms with Crippen molar-refractivity contribution < 1.29 is 9.53 Å². The van der Waals surface area contributed by atoms with Crippen LogP contribution in [-0.2, 0) is 4.79 Å². The minimum absolute atomic E-state index is 0.125. The number of thioether (sulfide) groups is 1. The Balaban J connectivity index is 1.57. The lowest BCUT2D eigenvalue weighted by Crippen LogP contribution is -2.31. The summed E-state index contributed by atoms with van der Waals surface area (Å²) in [5.41, 5.74) is 2.00.